The Morgan fingerprint density at radius 2 is 2.14 bits per heavy atom. The number of aliphatic hydroxyl groups excluding tert-OH is 1. The van der Waals surface area contributed by atoms with E-state index in [9.17, 15) is 15.2 Å². The van der Waals surface area contributed by atoms with E-state index >= 15 is 0 Å². The van der Waals surface area contributed by atoms with Gasteiger partial charge in [-0.2, -0.15) is 5.26 Å². The van der Waals surface area contributed by atoms with Crippen LogP contribution >= 0.6 is 0 Å². The first-order valence-corrected chi connectivity index (χ1v) is 9.55. The summed E-state index contributed by atoms with van der Waals surface area (Å²) in [7, 11) is 3.13. The average molecular weight is 387 g/mol. The van der Waals surface area contributed by atoms with Crippen molar-refractivity contribution in [1.29, 1.82) is 5.26 Å². The number of piperidine rings is 1. The summed E-state index contributed by atoms with van der Waals surface area (Å²) in [5.41, 5.74) is 0.914. The van der Waals surface area contributed by atoms with Gasteiger partial charge < -0.3 is 24.8 Å². The van der Waals surface area contributed by atoms with Crippen molar-refractivity contribution in [3.8, 4) is 17.6 Å². The fourth-order valence-electron chi connectivity index (χ4n) is 3.44. The number of nitrogens with one attached hydrogen (secondary N) is 1. The molecule has 0 saturated carbocycles. The molecule has 0 spiro atoms. The van der Waals surface area contributed by atoms with Crippen molar-refractivity contribution < 1.29 is 19.4 Å². The molecule has 0 radical (unpaired) electrons. The molecule has 2 N–H and O–H groups in total. The number of nitriles is 1. The number of nitrogens with zero attached hydrogens (tertiary/aromatic N) is 2. The van der Waals surface area contributed by atoms with Gasteiger partial charge in [0.05, 0.1) is 20.3 Å². The Bertz CT molecular complexity index is 740. The largest absolute Gasteiger partial charge is 0.493 e. The zero-order chi connectivity index (χ0) is 20.5. The minimum atomic E-state index is -0.418. The molecule has 1 amide bonds. The zero-order valence-corrected chi connectivity index (χ0v) is 16.8. The minimum absolute atomic E-state index is 0.0668. The number of hydrogen-bond acceptors (Lipinski definition) is 6. The lowest BCUT2D eigenvalue weighted by molar-refractivity contribution is -0.117. The van der Waals surface area contributed by atoms with Crippen LogP contribution in [-0.4, -0.2) is 49.3 Å². The lowest BCUT2D eigenvalue weighted by Gasteiger charge is -2.34. The number of aliphatic hydroxyl groups is 1. The molecule has 2 unspecified atom stereocenters. The lowest BCUT2D eigenvalue weighted by atomic mass is 10.00. The summed E-state index contributed by atoms with van der Waals surface area (Å²) in [6.45, 7) is 2.73. The Morgan fingerprint density at radius 1 is 1.39 bits per heavy atom. The molecule has 1 aromatic rings. The van der Waals surface area contributed by atoms with Crippen LogP contribution in [0.5, 0.6) is 11.5 Å². The zero-order valence-electron chi connectivity index (χ0n) is 16.8. The van der Waals surface area contributed by atoms with Crippen LogP contribution < -0.4 is 14.8 Å². The highest BCUT2D eigenvalue weighted by molar-refractivity contribution is 5.97. The molecule has 1 aromatic carbocycles. The number of carbonyl (C=O) groups excluding carboxylic acids is 1. The third kappa shape index (κ3) is 5.40. The second-order valence-corrected chi connectivity index (χ2v) is 6.86. The summed E-state index contributed by atoms with van der Waals surface area (Å²) >= 11 is 0. The van der Waals surface area contributed by atoms with E-state index in [4.69, 9.17) is 9.47 Å². The summed E-state index contributed by atoms with van der Waals surface area (Å²) in [6.07, 6.45) is 5.34. The number of rotatable bonds is 8. The summed E-state index contributed by atoms with van der Waals surface area (Å²) in [4.78, 5) is 14.7. The number of methoxy groups -OCH3 is 2. The highest BCUT2D eigenvalue weighted by atomic mass is 16.5. The standard InChI is InChI=1S/C21H29N3O4/c1-15(16-7-8-19(27-2)20(12-16)28-3)23-21(26)17(13-22)14-24-10-5-4-6-18(24)9-11-25/h7-8,12,14-15,18,25H,4-6,9-11H2,1-3H3,(H,23,26)/b17-14-. The van der Waals surface area contributed by atoms with Crippen molar-refractivity contribution in [2.45, 2.75) is 44.7 Å². The number of likely N-dealkylation sites (tertiary alicyclic amines) is 1. The number of amides is 1. The average Bonchev–Trinajstić information content (AvgIpc) is 2.72. The van der Waals surface area contributed by atoms with Gasteiger partial charge >= 0.3 is 0 Å². The van der Waals surface area contributed by atoms with Crippen LogP contribution in [-0.2, 0) is 4.79 Å². The van der Waals surface area contributed by atoms with Crippen LogP contribution in [0.3, 0.4) is 0 Å². The maximum atomic E-state index is 12.6. The molecule has 152 valence electrons. The molecule has 2 atom stereocenters. The molecule has 1 fully saturated rings. The summed E-state index contributed by atoms with van der Waals surface area (Å²) in [5.74, 6) is 0.776. The van der Waals surface area contributed by atoms with E-state index in [0.29, 0.717) is 17.9 Å². The van der Waals surface area contributed by atoms with Crippen LogP contribution in [0, 0.1) is 11.3 Å². The van der Waals surface area contributed by atoms with E-state index in [1.54, 1.807) is 26.5 Å². The van der Waals surface area contributed by atoms with Gasteiger partial charge in [-0.1, -0.05) is 6.07 Å². The van der Waals surface area contributed by atoms with Crippen LogP contribution in [0.25, 0.3) is 0 Å². The van der Waals surface area contributed by atoms with Crippen molar-refractivity contribution in [2.24, 2.45) is 0 Å². The predicted molar refractivity (Wildman–Crippen MR) is 106 cm³/mol. The first-order chi connectivity index (χ1) is 13.5. The van der Waals surface area contributed by atoms with E-state index in [1.807, 2.05) is 30.0 Å². The quantitative estimate of drug-likeness (QED) is 0.526. The molecular formula is C21H29N3O4. The van der Waals surface area contributed by atoms with E-state index in [1.165, 1.54) is 0 Å². The Morgan fingerprint density at radius 3 is 2.79 bits per heavy atom. The summed E-state index contributed by atoms with van der Waals surface area (Å²) in [5, 5.41) is 21.6. The van der Waals surface area contributed by atoms with E-state index in [-0.39, 0.29) is 24.3 Å². The summed E-state index contributed by atoms with van der Waals surface area (Å²) < 4.78 is 10.5. The topological polar surface area (TPSA) is 94.8 Å². The third-order valence-corrected chi connectivity index (χ3v) is 5.05. The number of hydrogen-bond donors (Lipinski definition) is 2. The van der Waals surface area contributed by atoms with Gasteiger partial charge in [0, 0.05) is 25.4 Å². The van der Waals surface area contributed by atoms with Gasteiger partial charge in [0.1, 0.15) is 11.6 Å². The Balaban J connectivity index is 2.11. The maximum absolute atomic E-state index is 12.6. The number of benzene rings is 1. The van der Waals surface area contributed by atoms with Gasteiger partial charge in [-0.25, -0.2) is 0 Å². The minimum Gasteiger partial charge on any atom is -0.493 e. The van der Waals surface area contributed by atoms with Crippen LogP contribution in [0.15, 0.2) is 30.0 Å². The molecule has 7 nitrogen and oxygen atoms in total. The first-order valence-electron chi connectivity index (χ1n) is 9.55. The second kappa shape index (κ2) is 10.6. The van der Waals surface area contributed by atoms with Gasteiger partial charge in [-0.15, -0.1) is 0 Å². The smallest absolute Gasteiger partial charge is 0.263 e. The number of carbonyl (C=O) groups is 1. The van der Waals surface area contributed by atoms with Gasteiger partial charge in [0.15, 0.2) is 11.5 Å². The van der Waals surface area contributed by atoms with Gasteiger partial charge in [0.25, 0.3) is 5.91 Å². The molecule has 1 saturated heterocycles. The normalized spacial score (nSPS) is 18.2. The van der Waals surface area contributed by atoms with Gasteiger partial charge in [0.2, 0.25) is 0 Å². The Hall–Kier alpha value is -2.72. The maximum Gasteiger partial charge on any atom is 0.263 e. The van der Waals surface area contributed by atoms with E-state index < -0.39 is 5.91 Å². The molecule has 28 heavy (non-hydrogen) atoms. The van der Waals surface area contributed by atoms with Crippen LogP contribution in [0.4, 0.5) is 0 Å². The SMILES string of the molecule is COc1ccc(C(C)NC(=O)/C(C#N)=C\N2CCCCC2CCO)cc1OC. The predicted octanol–water partition coefficient (Wildman–Crippen LogP) is 2.53. The fourth-order valence-corrected chi connectivity index (χ4v) is 3.44. The van der Waals surface area contributed by atoms with Gasteiger partial charge in [-0.05, 0) is 50.3 Å². The molecule has 1 aliphatic rings. The van der Waals surface area contributed by atoms with Gasteiger partial charge in [-0.3, -0.25) is 4.79 Å². The van der Waals surface area contributed by atoms with Crippen molar-refractivity contribution in [2.75, 3.05) is 27.4 Å². The Kier molecular flexibility index (Phi) is 8.15. The van der Waals surface area contributed by atoms with Crippen molar-refractivity contribution in [3.63, 3.8) is 0 Å². The first kappa shape index (κ1) is 21.6. The highest BCUT2D eigenvalue weighted by Crippen LogP contribution is 2.30. The molecule has 0 bridgehead atoms. The molecule has 1 heterocycles. The van der Waals surface area contributed by atoms with Crippen molar-refractivity contribution in [3.05, 3.63) is 35.5 Å². The molecule has 2 rings (SSSR count). The summed E-state index contributed by atoms with van der Waals surface area (Å²) in [6, 6.07) is 7.31. The highest BCUT2D eigenvalue weighted by Gasteiger charge is 2.22. The van der Waals surface area contributed by atoms with Crippen LogP contribution in [0.1, 0.15) is 44.2 Å². The van der Waals surface area contributed by atoms with Crippen LogP contribution in [0.2, 0.25) is 0 Å². The lowest BCUT2D eigenvalue weighted by Crippen LogP contribution is -2.37. The van der Waals surface area contributed by atoms with E-state index in [0.717, 1.165) is 31.4 Å². The van der Waals surface area contributed by atoms with E-state index in [2.05, 4.69) is 5.32 Å². The molecule has 1 aliphatic heterocycles. The van der Waals surface area contributed by atoms with Crippen molar-refractivity contribution in [1.82, 2.24) is 10.2 Å². The Labute approximate surface area is 166 Å². The second-order valence-electron chi connectivity index (χ2n) is 6.86. The molecular weight excluding hydrogens is 358 g/mol. The monoisotopic (exact) mass is 387 g/mol. The molecule has 0 aliphatic carbocycles. The van der Waals surface area contributed by atoms with Crippen molar-refractivity contribution >= 4 is 5.91 Å². The molecule has 0 aromatic heterocycles. The third-order valence-electron chi connectivity index (χ3n) is 5.05. The number of ether oxygens (including phenoxy) is 2. The molecule has 7 heteroatoms. The fraction of sp³-hybridized carbons (Fsp3) is 0.524.